The summed E-state index contributed by atoms with van der Waals surface area (Å²) in [7, 11) is -2.23. The van der Waals surface area contributed by atoms with Crippen molar-refractivity contribution >= 4 is 38.7 Å². The summed E-state index contributed by atoms with van der Waals surface area (Å²) in [4.78, 5) is 34.9. The first-order valence-corrected chi connectivity index (χ1v) is 11.8. The van der Waals surface area contributed by atoms with Crippen molar-refractivity contribution in [1.29, 1.82) is 0 Å². The minimum Gasteiger partial charge on any atom is -0.477 e. The topological polar surface area (TPSA) is 177 Å². The van der Waals surface area contributed by atoms with Gasteiger partial charge in [0.15, 0.2) is 11.6 Å². The van der Waals surface area contributed by atoms with Crippen LogP contribution in [-0.4, -0.2) is 72.3 Å². The van der Waals surface area contributed by atoms with Gasteiger partial charge in [0, 0.05) is 31.2 Å². The highest BCUT2D eigenvalue weighted by atomic mass is 32.2. The number of carboxylic acids is 1. The Hall–Kier alpha value is -3.10. The zero-order valence-electron chi connectivity index (χ0n) is 17.9. The van der Waals surface area contributed by atoms with E-state index in [-0.39, 0.29) is 34.4 Å². The molecule has 12 nitrogen and oxygen atoms in total. The van der Waals surface area contributed by atoms with Gasteiger partial charge < -0.3 is 25.1 Å². The summed E-state index contributed by atoms with van der Waals surface area (Å²) in [6.07, 6.45) is 3.74. The van der Waals surface area contributed by atoms with Gasteiger partial charge in [0.25, 0.3) is 10.1 Å². The van der Waals surface area contributed by atoms with Gasteiger partial charge in [0.1, 0.15) is 18.3 Å². The number of nitrogens with two attached hydrogens (primary N) is 1. The van der Waals surface area contributed by atoms with Crippen LogP contribution in [0.4, 0.5) is 10.2 Å². The third kappa shape index (κ3) is 5.64. The smallest absolute Gasteiger partial charge is 0.341 e. The van der Waals surface area contributed by atoms with Crippen molar-refractivity contribution in [1.82, 2.24) is 9.55 Å². The summed E-state index contributed by atoms with van der Waals surface area (Å²) in [5, 5.41) is 13.2. The third-order valence-electron chi connectivity index (χ3n) is 5.17. The van der Waals surface area contributed by atoms with Crippen LogP contribution < -0.4 is 16.1 Å². The number of nitrogens with zero attached hydrogens (tertiary/aromatic N) is 4. The molecule has 0 radical (unpaired) electrons. The van der Waals surface area contributed by atoms with Gasteiger partial charge in [0.2, 0.25) is 5.43 Å². The van der Waals surface area contributed by atoms with E-state index in [0.29, 0.717) is 31.6 Å². The van der Waals surface area contributed by atoms with E-state index in [1.807, 2.05) is 0 Å². The fourth-order valence-corrected chi connectivity index (χ4v) is 3.60. The molecule has 0 aromatic carbocycles. The van der Waals surface area contributed by atoms with Crippen LogP contribution in [0.3, 0.4) is 0 Å². The molecule has 0 spiro atoms. The van der Waals surface area contributed by atoms with E-state index in [9.17, 15) is 27.5 Å². The monoisotopic (exact) mass is 485 g/mol. The molecule has 1 atom stereocenters. The molecule has 2 fully saturated rings. The van der Waals surface area contributed by atoms with Crippen molar-refractivity contribution in [3.8, 4) is 0 Å². The van der Waals surface area contributed by atoms with Gasteiger partial charge >= 0.3 is 5.97 Å². The molecule has 2 aromatic heterocycles. The third-order valence-corrected chi connectivity index (χ3v) is 5.17. The van der Waals surface area contributed by atoms with Gasteiger partial charge in [-0.15, -0.1) is 0 Å². The number of rotatable bonds is 5. The number of hydrogen-bond donors (Lipinski definition) is 3. The molecule has 2 aliphatic rings. The van der Waals surface area contributed by atoms with Crippen LogP contribution >= 0.6 is 0 Å². The van der Waals surface area contributed by atoms with Crippen LogP contribution in [0.15, 0.2) is 22.2 Å². The van der Waals surface area contributed by atoms with Crippen LogP contribution in [0.1, 0.15) is 29.2 Å². The van der Waals surface area contributed by atoms with E-state index >= 15 is 0 Å². The van der Waals surface area contributed by atoms with Crippen molar-refractivity contribution < 1.29 is 32.1 Å². The Morgan fingerprint density at radius 1 is 1.42 bits per heavy atom. The zero-order chi connectivity index (χ0) is 24.5. The Labute approximate surface area is 188 Å². The maximum absolute atomic E-state index is 14.9. The standard InChI is InChI=1S/C18H20FN5O4.CH4O3S/c1-28-22-14-8-23(6-9(14)5-20)17-13(19)4-11-15(25)12(18(26)27)7-24(10-2-3-10)16(11)21-17;1-5(2,3)4/h4,7,9-10H,2-3,5-6,8,20H2,1H3,(H,26,27);1H3,(H,2,3,4)/b22-14+;. The first-order valence-electron chi connectivity index (χ1n) is 9.90. The largest absolute Gasteiger partial charge is 0.477 e. The molecule has 3 heterocycles. The quantitative estimate of drug-likeness (QED) is 0.398. The molecular weight excluding hydrogens is 461 g/mol. The van der Waals surface area contributed by atoms with Gasteiger partial charge in [-0.2, -0.15) is 8.42 Å². The minimum absolute atomic E-state index is 0.0339. The van der Waals surface area contributed by atoms with Crippen LogP contribution in [0, 0.1) is 11.7 Å². The van der Waals surface area contributed by atoms with Crippen molar-refractivity contribution in [3.63, 3.8) is 0 Å². The molecule has 4 N–H and O–H groups in total. The highest BCUT2D eigenvalue weighted by Crippen LogP contribution is 2.37. The highest BCUT2D eigenvalue weighted by molar-refractivity contribution is 7.85. The zero-order valence-corrected chi connectivity index (χ0v) is 18.7. The number of hydrogen-bond acceptors (Lipinski definition) is 9. The summed E-state index contributed by atoms with van der Waals surface area (Å²) in [5.74, 6) is -2.03. The van der Waals surface area contributed by atoms with Gasteiger partial charge in [-0.25, -0.2) is 14.2 Å². The van der Waals surface area contributed by atoms with Crippen LogP contribution in [0.25, 0.3) is 11.0 Å². The molecule has 4 rings (SSSR count). The van der Waals surface area contributed by atoms with Gasteiger partial charge in [-0.3, -0.25) is 9.35 Å². The number of oxime groups is 1. The lowest BCUT2D eigenvalue weighted by molar-refractivity contribution is 0.0694. The summed E-state index contributed by atoms with van der Waals surface area (Å²) >= 11 is 0. The number of aromatic carboxylic acids is 1. The molecule has 1 saturated carbocycles. The van der Waals surface area contributed by atoms with Gasteiger partial charge in [-0.1, -0.05) is 5.16 Å². The maximum atomic E-state index is 14.9. The summed E-state index contributed by atoms with van der Waals surface area (Å²) in [6, 6.07) is 1.14. The molecule has 1 aliphatic carbocycles. The molecule has 0 bridgehead atoms. The lowest BCUT2D eigenvalue weighted by Gasteiger charge is -2.19. The van der Waals surface area contributed by atoms with Crippen LogP contribution in [0.2, 0.25) is 0 Å². The Balaban J connectivity index is 0.000000555. The molecule has 33 heavy (non-hydrogen) atoms. The van der Waals surface area contributed by atoms with E-state index in [2.05, 4.69) is 10.1 Å². The fourth-order valence-electron chi connectivity index (χ4n) is 3.60. The molecule has 1 saturated heterocycles. The van der Waals surface area contributed by atoms with Crippen molar-refractivity contribution in [2.24, 2.45) is 16.8 Å². The molecule has 2 aromatic rings. The normalized spacial score (nSPS) is 19.5. The predicted octanol–water partition coefficient (Wildman–Crippen LogP) is 0.470. The molecule has 180 valence electrons. The lowest BCUT2D eigenvalue weighted by atomic mass is 10.1. The lowest BCUT2D eigenvalue weighted by Crippen LogP contribution is -2.26. The first-order chi connectivity index (χ1) is 15.4. The fraction of sp³-hybridized carbons (Fsp3) is 0.474. The molecular formula is C19H24FN5O7S. The van der Waals surface area contributed by atoms with E-state index in [1.54, 1.807) is 9.47 Å². The van der Waals surface area contributed by atoms with Crippen LogP contribution in [-0.2, 0) is 15.0 Å². The number of pyridine rings is 2. The molecule has 0 amide bonds. The first kappa shape index (κ1) is 24.5. The van der Waals surface area contributed by atoms with E-state index in [4.69, 9.17) is 15.1 Å². The number of halogens is 1. The minimum atomic E-state index is -3.67. The second-order valence-corrected chi connectivity index (χ2v) is 9.26. The summed E-state index contributed by atoms with van der Waals surface area (Å²) in [6.45, 7) is 1.07. The summed E-state index contributed by atoms with van der Waals surface area (Å²) in [5.41, 5.74) is 5.65. The number of carboxylic acid groups (broad SMARTS) is 1. The molecule has 1 unspecified atom stereocenters. The van der Waals surface area contributed by atoms with Gasteiger partial charge in [-0.05, 0) is 18.9 Å². The summed E-state index contributed by atoms with van der Waals surface area (Å²) < 4.78 is 42.4. The molecule has 14 heteroatoms. The van der Waals surface area contributed by atoms with Crippen molar-refractivity contribution in [2.45, 2.75) is 18.9 Å². The average Bonchev–Trinajstić information content (AvgIpc) is 3.47. The number of fused-ring (bicyclic) bond motifs is 1. The van der Waals surface area contributed by atoms with Crippen molar-refractivity contribution in [3.05, 3.63) is 33.9 Å². The Kier molecular flexibility index (Phi) is 7.00. The Bertz CT molecular complexity index is 1270. The average molecular weight is 485 g/mol. The Morgan fingerprint density at radius 3 is 2.58 bits per heavy atom. The second-order valence-electron chi connectivity index (χ2n) is 7.79. The maximum Gasteiger partial charge on any atom is 0.341 e. The number of carbonyl (C=O) groups is 1. The Morgan fingerprint density at radius 2 is 2.06 bits per heavy atom. The number of anilines is 1. The highest BCUT2D eigenvalue weighted by Gasteiger charge is 2.33. The predicted molar refractivity (Wildman–Crippen MR) is 118 cm³/mol. The molecule has 1 aliphatic heterocycles. The van der Waals surface area contributed by atoms with Crippen LogP contribution in [0.5, 0.6) is 0 Å². The van der Waals surface area contributed by atoms with Crippen molar-refractivity contribution in [2.75, 3.05) is 37.9 Å². The SMILES string of the molecule is CO/N=C1\CN(c2nc3c(cc2F)c(=O)c(C(=O)O)cn3C2CC2)CC1CN.CS(=O)(=O)O. The second kappa shape index (κ2) is 9.41. The van der Waals surface area contributed by atoms with E-state index < -0.39 is 27.3 Å². The number of aromatic nitrogens is 2. The van der Waals surface area contributed by atoms with Gasteiger partial charge in [0.05, 0.1) is 23.9 Å². The van der Waals surface area contributed by atoms with E-state index in [1.165, 1.54) is 13.3 Å². The van der Waals surface area contributed by atoms with E-state index in [0.717, 1.165) is 18.9 Å².